The summed E-state index contributed by atoms with van der Waals surface area (Å²) in [6, 6.07) is 0. The van der Waals surface area contributed by atoms with Crippen molar-refractivity contribution >= 4 is 0 Å². The van der Waals surface area contributed by atoms with Gasteiger partial charge in [-0.05, 0) is 42.4 Å². The van der Waals surface area contributed by atoms with Gasteiger partial charge in [0.2, 0.25) is 0 Å². The molecule has 1 heteroatoms. The molecule has 1 N–H and O–H groups in total. The molecule has 1 nitrogen and oxygen atoms in total. The molecule has 0 amide bonds. The lowest BCUT2D eigenvalue weighted by Crippen LogP contribution is -2.30. The maximum Gasteiger partial charge on any atom is 0.0571 e. The summed E-state index contributed by atoms with van der Waals surface area (Å²) in [5.41, 5.74) is 0.321. The highest BCUT2D eigenvalue weighted by Crippen LogP contribution is 2.36. The van der Waals surface area contributed by atoms with E-state index in [4.69, 9.17) is 0 Å². The van der Waals surface area contributed by atoms with E-state index in [0.717, 1.165) is 12.3 Å². The van der Waals surface area contributed by atoms with E-state index in [1.807, 2.05) is 0 Å². The fourth-order valence-corrected chi connectivity index (χ4v) is 2.89. The Morgan fingerprint density at radius 3 is 2.06 bits per heavy atom. The van der Waals surface area contributed by atoms with Gasteiger partial charge < -0.3 is 5.11 Å². The van der Waals surface area contributed by atoms with Crippen LogP contribution in [0.15, 0.2) is 0 Å². The van der Waals surface area contributed by atoms with Crippen LogP contribution in [-0.4, -0.2) is 11.2 Å². The molecule has 0 heterocycles. The van der Waals surface area contributed by atoms with Crippen molar-refractivity contribution < 1.29 is 5.11 Å². The van der Waals surface area contributed by atoms with E-state index < -0.39 is 0 Å². The van der Waals surface area contributed by atoms with Gasteiger partial charge in [0.25, 0.3) is 0 Å². The summed E-state index contributed by atoms with van der Waals surface area (Å²) >= 11 is 0. The molecule has 0 aromatic heterocycles. The van der Waals surface area contributed by atoms with Crippen molar-refractivity contribution in [2.24, 2.45) is 23.2 Å². The standard InChI is InChI=1S/C16H32O/c1-6-13-7-9-14(10-8-13)15(17)11-12(2)16(3,4)5/h12-15,17H,6-11H2,1-5H3. The van der Waals surface area contributed by atoms with Crippen LogP contribution in [0.4, 0.5) is 0 Å². The lowest BCUT2D eigenvalue weighted by molar-refractivity contribution is 0.0383. The molecule has 0 radical (unpaired) electrons. The second-order valence-corrected chi connectivity index (χ2v) is 7.26. The average Bonchev–Trinajstić information content (AvgIpc) is 2.27. The first-order chi connectivity index (χ1) is 7.84. The Kier molecular flexibility index (Phi) is 5.50. The van der Waals surface area contributed by atoms with Crippen LogP contribution in [0.1, 0.15) is 73.1 Å². The van der Waals surface area contributed by atoms with Crippen molar-refractivity contribution in [3.8, 4) is 0 Å². The first-order valence-corrected chi connectivity index (χ1v) is 7.52. The van der Waals surface area contributed by atoms with Crippen molar-refractivity contribution in [3.63, 3.8) is 0 Å². The normalized spacial score (nSPS) is 30.0. The topological polar surface area (TPSA) is 20.2 Å². The van der Waals surface area contributed by atoms with Crippen molar-refractivity contribution in [2.75, 3.05) is 0 Å². The van der Waals surface area contributed by atoms with Gasteiger partial charge in [-0.3, -0.25) is 0 Å². The second kappa shape index (κ2) is 6.22. The Morgan fingerprint density at radius 2 is 1.65 bits per heavy atom. The largest absolute Gasteiger partial charge is 0.393 e. The first kappa shape index (κ1) is 15.0. The number of hydrogen-bond acceptors (Lipinski definition) is 1. The van der Waals surface area contributed by atoms with Crippen molar-refractivity contribution in [1.82, 2.24) is 0 Å². The Hall–Kier alpha value is -0.0400. The molecule has 1 aliphatic rings. The van der Waals surface area contributed by atoms with Crippen molar-refractivity contribution in [2.45, 2.75) is 79.2 Å². The van der Waals surface area contributed by atoms with Crippen LogP contribution in [0.2, 0.25) is 0 Å². The first-order valence-electron chi connectivity index (χ1n) is 7.52. The van der Waals surface area contributed by atoms with Crippen molar-refractivity contribution in [3.05, 3.63) is 0 Å². The predicted octanol–water partition coefficient (Wildman–Crippen LogP) is 4.64. The molecule has 17 heavy (non-hydrogen) atoms. The van der Waals surface area contributed by atoms with E-state index in [1.54, 1.807) is 0 Å². The third-order valence-electron chi connectivity index (χ3n) is 5.09. The number of rotatable bonds is 4. The summed E-state index contributed by atoms with van der Waals surface area (Å²) in [7, 11) is 0. The Morgan fingerprint density at radius 1 is 1.12 bits per heavy atom. The van der Waals surface area contributed by atoms with Crippen molar-refractivity contribution in [1.29, 1.82) is 0 Å². The summed E-state index contributed by atoms with van der Waals surface area (Å²) in [4.78, 5) is 0. The van der Waals surface area contributed by atoms with E-state index in [2.05, 4.69) is 34.6 Å². The lowest BCUT2D eigenvalue weighted by atomic mass is 9.73. The van der Waals surface area contributed by atoms with Gasteiger partial charge in [0.05, 0.1) is 6.10 Å². The zero-order valence-corrected chi connectivity index (χ0v) is 12.5. The van der Waals surface area contributed by atoms with Crippen LogP contribution >= 0.6 is 0 Å². The molecule has 2 atom stereocenters. The Bertz CT molecular complexity index is 208. The highest BCUT2D eigenvalue weighted by atomic mass is 16.3. The minimum atomic E-state index is -0.0676. The minimum Gasteiger partial charge on any atom is -0.393 e. The van der Waals surface area contributed by atoms with E-state index in [1.165, 1.54) is 32.1 Å². The maximum atomic E-state index is 10.4. The highest BCUT2D eigenvalue weighted by Gasteiger charge is 2.29. The zero-order valence-electron chi connectivity index (χ0n) is 12.5. The molecular formula is C16H32O. The van der Waals surface area contributed by atoms with Gasteiger partial charge in [-0.2, -0.15) is 0 Å². The van der Waals surface area contributed by atoms with Crippen LogP contribution in [0, 0.1) is 23.2 Å². The van der Waals surface area contributed by atoms with E-state index in [0.29, 0.717) is 17.3 Å². The third kappa shape index (κ3) is 4.62. The summed E-state index contributed by atoms with van der Waals surface area (Å²) in [6.07, 6.45) is 7.39. The van der Waals surface area contributed by atoms with Crippen LogP contribution in [0.25, 0.3) is 0 Å². The number of aliphatic hydroxyl groups excluding tert-OH is 1. The van der Waals surface area contributed by atoms with Crippen LogP contribution in [0.5, 0.6) is 0 Å². The van der Waals surface area contributed by atoms with Gasteiger partial charge in [-0.25, -0.2) is 0 Å². The van der Waals surface area contributed by atoms with Gasteiger partial charge in [0, 0.05) is 0 Å². The highest BCUT2D eigenvalue weighted by molar-refractivity contribution is 4.80. The van der Waals surface area contributed by atoms with Crippen LogP contribution in [0.3, 0.4) is 0 Å². The number of aliphatic hydroxyl groups is 1. The molecule has 0 spiro atoms. The summed E-state index contributed by atoms with van der Waals surface area (Å²) in [5.74, 6) is 2.10. The smallest absolute Gasteiger partial charge is 0.0571 e. The predicted molar refractivity (Wildman–Crippen MR) is 75.0 cm³/mol. The average molecular weight is 240 g/mol. The van der Waals surface area contributed by atoms with E-state index in [9.17, 15) is 5.11 Å². The molecule has 0 aliphatic heterocycles. The quantitative estimate of drug-likeness (QED) is 0.759. The van der Waals surface area contributed by atoms with Gasteiger partial charge in [-0.1, -0.05) is 53.9 Å². The molecule has 1 saturated carbocycles. The van der Waals surface area contributed by atoms with Gasteiger partial charge in [0.1, 0.15) is 0 Å². The second-order valence-electron chi connectivity index (χ2n) is 7.26. The van der Waals surface area contributed by atoms with E-state index >= 15 is 0 Å². The van der Waals surface area contributed by atoms with Gasteiger partial charge in [0.15, 0.2) is 0 Å². The lowest BCUT2D eigenvalue weighted by Gasteiger charge is -2.35. The Balaban J connectivity index is 2.36. The summed E-state index contributed by atoms with van der Waals surface area (Å²) in [6.45, 7) is 11.4. The van der Waals surface area contributed by atoms with Crippen LogP contribution in [-0.2, 0) is 0 Å². The van der Waals surface area contributed by atoms with Gasteiger partial charge in [-0.15, -0.1) is 0 Å². The maximum absolute atomic E-state index is 10.4. The van der Waals surface area contributed by atoms with E-state index in [-0.39, 0.29) is 6.10 Å². The number of hydrogen-bond donors (Lipinski definition) is 1. The molecule has 1 fully saturated rings. The van der Waals surface area contributed by atoms with Crippen LogP contribution < -0.4 is 0 Å². The molecule has 102 valence electrons. The molecule has 0 aromatic carbocycles. The zero-order chi connectivity index (χ0) is 13.1. The molecule has 0 aromatic rings. The SMILES string of the molecule is CCC1CCC(C(O)CC(C)C(C)(C)C)CC1. The molecule has 1 aliphatic carbocycles. The third-order valence-corrected chi connectivity index (χ3v) is 5.09. The molecule has 1 rings (SSSR count). The summed E-state index contributed by atoms with van der Waals surface area (Å²) in [5, 5.41) is 10.4. The fourth-order valence-electron chi connectivity index (χ4n) is 2.89. The molecule has 0 bridgehead atoms. The molecular weight excluding hydrogens is 208 g/mol. The molecule has 2 unspecified atom stereocenters. The minimum absolute atomic E-state index is 0.0676. The Labute approximate surface area is 108 Å². The monoisotopic (exact) mass is 240 g/mol. The summed E-state index contributed by atoms with van der Waals surface area (Å²) < 4.78 is 0. The fraction of sp³-hybridized carbons (Fsp3) is 1.00. The molecule has 0 saturated heterocycles. The van der Waals surface area contributed by atoms with Gasteiger partial charge >= 0.3 is 0 Å².